The van der Waals surface area contributed by atoms with Crippen molar-refractivity contribution in [3.8, 4) is 0 Å². The third-order valence-electron chi connectivity index (χ3n) is 3.15. The van der Waals surface area contributed by atoms with E-state index in [0.29, 0.717) is 13.1 Å². The number of carbonyl (C=O) groups excluding carboxylic acids is 1. The van der Waals surface area contributed by atoms with Crippen molar-refractivity contribution in [2.24, 2.45) is 0 Å². The molecule has 5 heteroatoms. The molecule has 1 aliphatic rings. The van der Waals surface area contributed by atoms with Gasteiger partial charge >= 0.3 is 0 Å². The van der Waals surface area contributed by atoms with E-state index in [2.05, 4.69) is 10.3 Å². The fraction of sp³-hybridized carbons (Fsp3) is 0.667. The van der Waals surface area contributed by atoms with E-state index in [1.807, 2.05) is 22.7 Å². The molecule has 1 fully saturated rings. The number of nitrogens with one attached hydrogen (secondary N) is 1. The molecular formula is C12H20N4O. The Hall–Kier alpha value is -1.36. The van der Waals surface area contributed by atoms with Crippen LogP contribution in [-0.4, -0.2) is 40.5 Å². The van der Waals surface area contributed by atoms with Gasteiger partial charge in [-0.05, 0) is 26.3 Å². The highest BCUT2D eigenvalue weighted by atomic mass is 16.2. The van der Waals surface area contributed by atoms with Crippen molar-refractivity contribution in [1.82, 2.24) is 19.8 Å². The molecule has 1 aromatic heterocycles. The minimum absolute atomic E-state index is 0.208. The normalized spacial score (nSPS) is 16.2. The van der Waals surface area contributed by atoms with Crippen LogP contribution < -0.4 is 5.32 Å². The van der Waals surface area contributed by atoms with Gasteiger partial charge in [-0.25, -0.2) is 4.98 Å². The van der Waals surface area contributed by atoms with Crippen LogP contribution in [-0.2, 0) is 17.9 Å². The zero-order valence-corrected chi connectivity index (χ0v) is 10.4. The second-order valence-corrected chi connectivity index (χ2v) is 4.44. The minimum atomic E-state index is 0.208. The van der Waals surface area contributed by atoms with Crippen molar-refractivity contribution >= 4 is 5.91 Å². The van der Waals surface area contributed by atoms with E-state index in [1.165, 1.54) is 6.42 Å². The standard InChI is InChI=1S/C12H20N4O/c1-13-9-11-14-5-8-16(11)10-12(17)15-6-3-2-4-7-15/h5,8,13H,2-4,6-7,9-10H2,1H3. The lowest BCUT2D eigenvalue weighted by atomic mass is 10.1. The zero-order valence-electron chi connectivity index (χ0n) is 10.4. The van der Waals surface area contributed by atoms with Crippen LogP contribution in [0.15, 0.2) is 12.4 Å². The summed E-state index contributed by atoms with van der Waals surface area (Å²) in [6, 6.07) is 0. The average Bonchev–Trinajstić information content (AvgIpc) is 2.78. The summed E-state index contributed by atoms with van der Waals surface area (Å²) >= 11 is 0. The molecule has 94 valence electrons. The maximum atomic E-state index is 12.1. The maximum Gasteiger partial charge on any atom is 0.242 e. The number of hydrogen-bond donors (Lipinski definition) is 1. The van der Waals surface area contributed by atoms with Gasteiger partial charge in [0.05, 0.1) is 6.54 Å². The van der Waals surface area contributed by atoms with Crippen LogP contribution in [0.3, 0.4) is 0 Å². The predicted molar refractivity (Wildman–Crippen MR) is 65.4 cm³/mol. The number of piperidine rings is 1. The first-order valence-corrected chi connectivity index (χ1v) is 6.23. The van der Waals surface area contributed by atoms with Crippen molar-refractivity contribution in [2.45, 2.75) is 32.4 Å². The van der Waals surface area contributed by atoms with Crippen molar-refractivity contribution < 1.29 is 4.79 Å². The molecule has 5 nitrogen and oxygen atoms in total. The van der Waals surface area contributed by atoms with Gasteiger partial charge in [-0.3, -0.25) is 4.79 Å². The molecule has 1 aliphatic heterocycles. The zero-order chi connectivity index (χ0) is 12.1. The van der Waals surface area contributed by atoms with Crippen LogP contribution in [0.2, 0.25) is 0 Å². The highest BCUT2D eigenvalue weighted by Crippen LogP contribution is 2.09. The quantitative estimate of drug-likeness (QED) is 0.833. The fourth-order valence-electron chi connectivity index (χ4n) is 2.20. The van der Waals surface area contributed by atoms with Gasteiger partial charge in [0.15, 0.2) is 0 Å². The van der Waals surface area contributed by atoms with Crippen LogP contribution in [0.5, 0.6) is 0 Å². The number of amides is 1. The highest BCUT2D eigenvalue weighted by Gasteiger charge is 2.17. The van der Waals surface area contributed by atoms with Crippen molar-refractivity contribution in [1.29, 1.82) is 0 Å². The number of aromatic nitrogens is 2. The van der Waals surface area contributed by atoms with Crippen LogP contribution in [0.1, 0.15) is 25.1 Å². The number of hydrogen-bond acceptors (Lipinski definition) is 3. The molecule has 0 unspecified atom stereocenters. The first kappa shape index (κ1) is 12.1. The summed E-state index contributed by atoms with van der Waals surface area (Å²) in [7, 11) is 1.88. The molecule has 0 saturated carbocycles. The van der Waals surface area contributed by atoms with Gasteiger partial charge in [0, 0.05) is 25.5 Å². The molecule has 1 saturated heterocycles. The fourth-order valence-corrected chi connectivity index (χ4v) is 2.20. The second kappa shape index (κ2) is 5.82. The lowest BCUT2D eigenvalue weighted by Gasteiger charge is -2.27. The second-order valence-electron chi connectivity index (χ2n) is 4.44. The van der Waals surface area contributed by atoms with Gasteiger partial charge < -0.3 is 14.8 Å². The maximum absolute atomic E-state index is 12.1. The summed E-state index contributed by atoms with van der Waals surface area (Å²) in [5, 5.41) is 3.06. The topological polar surface area (TPSA) is 50.2 Å². The summed E-state index contributed by atoms with van der Waals surface area (Å²) in [4.78, 5) is 18.3. The summed E-state index contributed by atoms with van der Waals surface area (Å²) in [5.74, 6) is 1.12. The Morgan fingerprint density at radius 1 is 1.41 bits per heavy atom. The van der Waals surface area contributed by atoms with Gasteiger partial charge in [-0.15, -0.1) is 0 Å². The molecule has 0 radical (unpaired) electrons. The highest BCUT2D eigenvalue weighted by molar-refractivity contribution is 5.76. The Morgan fingerprint density at radius 3 is 2.88 bits per heavy atom. The van der Waals surface area contributed by atoms with Crippen molar-refractivity contribution in [3.05, 3.63) is 18.2 Å². The van der Waals surface area contributed by atoms with Crippen LogP contribution in [0, 0.1) is 0 Å². The molecule has 0 spiro atoms. The van der Waals surface area contributed by atoms with Gasteiger partial charge in [-0.2, -0.15) is 0 Å². The van der Waals surface area contributed by atoms with Gasteiger partial charge in [-0.1, -0.05) is 0 Å². The van der Waals surface area contributed by atoms with Crippen LogP contribution in [0.25, 0.3) is 0 Å². The molecule has 2 rings (SSSR count). The molecule has 0 aromatic carbocycles. The summed E-state index contributed by atoms with van der Waals surface area (Å²) in [6.07, 6.45) is 7.14. The largest absolute Gasteiger partial charge is 0.341 e. The Labute approximate surface area is 102 Å². The monoisotopic (exact) mass is 236 g/mol. The first-order valence-electron chi connectivity index (χ1n) is 6.23. The van der Waals surface area contributed by atoms with Crippen LogP contribution in [0.4, 0.5) is 0 Å². The molecule has 2 heterocycles. The smallest absolute Gasteiger partial charge is 0.242 e. The van der Waals surface area contributed by atoms with E-state index in [4.69, 9.17) is 0 Å². The van der Waals surface area contributed by atoms with E-state index in [1.54, 1.807) is 6.20 Å². The molecule has 17 heavy (non-hydrogen) atoms. The summed E-state index contributed by atoms with van der Waals surface area (Å²) in [5.41, 5.74) is 0. The number of carbonyl (C=O) groups is 1. The molecule has 0 aliphatic carbocycles. The average molecular weight is 236 g/mol. The number of likely N-dealkylation sites (tertiary alicyclic amines) is 1. The van der Waals surface area contributed by atoms with Gasteiger partial charge in [0.2, 0.25) is 5.91 Å². The molecule has 1 aromatic rings. The molecule has 1 amide bonds. The Morgan fingerprint density at radius 2 is 2.18 bits per heavy atom. The lowest BCUT2D eigenvalue weighted by molar-refractivity contribution is -0.132. The number of imidazole rings is 1. The van der Waals surface area contributed by atoms with E-state index < -0.39 is 0 Å². The Balaban J connectivity index is 1.94. The summed E-state index contributed by atoms with van der Waals surface area (Å²) in [6.45, 7) is 2.93. The van der Waals surface area contributed by atoms with Gasteiger partial charge in [0.25, 0.3) is 0 Å². The predicted octanol–water partition coefficient (Wildman–Crippen LogP) is 0.615. The number of rotatable bonds is 4. The minimum Gasteiger partial charge on any atom is -0.341 e. The Bertz CT molecular complexity index is 368. The molecular weight excluding hydrogens is 216 g/mol. The molecule has 0 bridgehead atoms. The molecule has 1 N–H and O–H groups in total. The summed E-state index contributed by atoms with van der Waals surface area (Å²) < 4.78 is 1.92. The van der Waals surface area contributed by atoms with E-state index in [0.717, 1.165) is 31.8 Å². The van der Waals surface area contributed by atoms with Crippen LogP contribution >= 0.6 is 0 Å². The van der Waals surface area contributed by atoms with E-state index >= 15 is 0 Å². The number of nitrogens with zero attached hydrogens (tertiary/aromatic N) is 3. The molecule has 0 atom stereocenters. The third kappa shape index (κ3) is 3.06. The first-order chi connectivity index (χ1) is 8.31. The third-order valence-corrected chi connectivity index (χ3v) is 3.15. The lowest BCUT2D eigenvalue weighted by Crippen LogP contribution is -2.38. The van der Waals surface area contributed by atoms with Gasteiger partial charge in [0.1, 0.15) is 12.4 Å². The SMILES string of the molecule is CNCc1nccn1CC(=O)N1CCCCC1. The van der Waals surface area contributed by atoms with Crippen molar-refractivity contribution in [2.75, 3.05) is 20.1 Å². The van der Waals surface area contributed by atoms with Crippen molar-refractivity contribution in [3.63, 3.8) is 0 Å². The Kier molecular flexibility index (Phi) is 4.14. The van der Waals surface area contributed by atoms with E-state index in [-0.39, 0.29) is 5.91 Å². The van der Waals surface area contributed by atoms with E-state index in [9.17, 15) is 4.79 Å².